The molecule has 0 saturated heterocycles. The monoisotopic (exact) mass is 295 g/mol. The largest absolute Gasteiger partial charge is 0.353 e. The molecule has 0 bridgehead atoms. The van der Waals surface area contributed by atoms with Gasteiger partial charge in [-0.15, -0.1) is 10.2 Å². The second-order valence-electron chi connectivity index (χ2n) is 4.50. The molecule has 102 valence electrons. The summed E-state index contributed by atoms with van der Waals surface area (Å²) in [7, 11) is 3.91. The van der Waals surface area contributed by atoms with Gasteiger partial charge in [-0.25, -0.2) is 4.98 Å². The lowest BCUT2D eigenvalue weighted by atomic mass is 10.1. The summed E-state index contributed by atoms with van der Waals surface area (Å²) >= 11 is 3.10. The summed E-state index contributed by atoms with van der Waals surface area (Å²) in [4.78, 5) is 6.36. The second-order valence-corrected chi connectivity index (χ2v) is 6.69. The van der Waals surface area contributed by atoms with Crippen molar-refractivity contribution in [3.05, 3.63) is 23.9 Å². The number of hydrogen-bond donors (Lipinski definition) is 1. The highest BCUT2D eigenvalue weighted by molar-refractivity contribution is 8.01. The van der Waals surface area contributed by atoms with E-state index in [9.17, 15) is 0 Å². The smallest absolute Gasteiger partial charge is 0.208 e. The minimum absolute atomic E-state index is 0.121. The number of rotatable bonds is 5. The normalized spacial score (nSPS) is 12.4. The number of nitrogens with two attached hydrogens (primary N) is 1. The van der Waals surface area contributed by atoms with Crippen molar-refractivity contribution >= 4 is 28.2 Å². The topological polar surface area (TPSA) is 67.9 Å². The molecule has 5 nitrogen and oxygen atoms in total. The fraction of sp³-hybridized carbons (Fsp3) is 0.417. The summed E-state index contributed by atoms with van der Waals surface area (Å²) in [5.41, 5.74) is 7.02. The maximum atomic E-state index is 5.86. The van der Waals surface area contributed by atoms with Gasteiger partial charge in [0.05, 0.1) is 0 Å². The number of nitrogens with zero attached hydrogens (tertiary/aromatic N) is 4. The van der Waals surface area contributed by atoms with Crippen LogP contribution in [0.25, 0.3) is 0 Å². The standard InChI is InChI=1S/C12H17N5S2/c1-8(13)7-9-5-4-6-14-10(9)18-12-16-15-11(19-12)17(2)3/h4-6,8H,7,13H2,1-3H3. The molecule has 0 radical (unpaired) electrons. The predicted octanol–water partition coefficient (Wildman–Crippen LogP) is 2.04. The van der Waals surface area contributed by atoms with Crippen molar-refractivity contribution in [2.75, 3.05) is 19.0 Å². The summed E-state index contributed by atoms with van der Waals surface area (Å²) in [6, 6.07) is 4.12. The molecule has 7 heteroatoms. The van der Waals surface area contributed by atoms with Gasteiger partial charge >= 0.3 is 0 Å². The van der Waals surface area contributed by atoms with Crippen LogP contribution in [0.3, 0.4) is 0 Å². The van der Waals surface area contributed by atoms with E-state index in [1.54, 1.807) is 29.3 Å². The highest BCUT2D eigenvalue weighted by Crippen LogP contribution is 2.33. The van der Waals surface area contributed by atoms with Crippen molar-refractivity contribution in [3.8, 4) is 0 Å². The molecule has 2 rings (SSSR count). The Bertz CT molecular complexity index is 538. The number of anilines is 1. The Morgan fingerprint density at radius 2 is 2.21 bits per heavy atom. The SMILES string of the molecule is CC(N)Cc1cccnc1Sc1nnc(N(C)C)s1. The van der Waals surface area contributed by atoms with Gasteiger partial charge in [-0.1, -0.05) is 17.4 Å². The van der Waals surface area contributed by atoms with E-state index in [1.807, 2.05) is 32.0 Å². The molecule has 2 aromatic rings. The predicted molar refractivity (Wildman–Crippen MR) is 79.9 cm³/mol. The Morgan fingerprint density at radius 3 is 2.84 bits per heavy atom. The number of pyridine rings is 1. The van der Waals surface area contributed by atoms with E-state index in [1.165, 1.54) is 0 Å². The van der Waals surface area contributed by atoms with Gasteiger partial charge in [0.15, 0.2) is 4.34 Å². The molecule has 0 aliphatic rings. The average molecular weight is 295 g/mol. The molecule has 1 unspecified atom stereocenters. The van der Waals surface area contributed by atoms with Gasteiger partial charge in [0, 0.05) is 26.3 Å². The first-order chi connectivity index (χ1) is 9.06. The zero-order chi connectivity index (χ0) is 13.8. The van der Waals surface area contributed by atoms with Gasteiger partial charge in [0.2, 0.25) is 5.13 Å². The molecule has 2 aromatic heterocycles. The molecule has 2 heterocycles. The third kappa shape index (κ3) is 3.89. The summed E-state index contributed by atoms with van der Waals surface area (Å²) in [5, 5.41) is 10.2. The van der Waals surface area contributed by atoms with Crippen LogP contribution in [-0.2, 0) is 6.42 Å². The zero-order valence-corrected chi connectivity index (χ0v) is 12.8. The van der Waals surface area contributed by atoms with Gasteiger partial charge in [0.25, 0.3) is 0 Å². The molecule has 0 spiro atoms. The van der Waals surface area contributed by atoms with Crippen molar-refractivity contribution in [2.45, 2.75) is 28.8 Å². The lowest BCUT2D eigenvalue weighted by molar-refractivity contribution is 0.722. The van der Waals surface area contributed by atoms with E-state index < -0.39 is 0 Å². The van der Waals surface area contributed by atoms with Gasteiger partial charge in [-0.3, -0.25) is 0 Å². The first-order valence-electron chi connectivity index (χ1n) is 5.94. The van der Waals surface area contributed by atoms with Crippen LogP contribution in [0.4, 0.5) is 5.13 Å². The average Bonchev–Trinajstić information content (AvgIpc) is 2.80. The molecule has 0 saturated carbocycles. The Balaban J connectivity index is 2.17. The second kappa shape index (κ2) is 6.31. The third-order valence-corrected chi connectivity index (χ3v) is 4.56. The van der Waals surface area contributed by atoms with Crippen LogP contribution in [0.15, 0.2) is 27.7 Å². The van der Waals surface area contributed by atoms with Gasteiger partial charge in [0.1, 0.15) is 5.03 Å². The maximum absolute atomic E-state index is 5.86. The van der Waals surface area contributed by atoms with Crippen LogP contribution in [0.1, 0.15) is 12.5 Å². The van der Waals surface area contributed by atoms with Crippen LogP contribution in [0.5, 0.6) is 0 Å². The maximum Gasteiger partial charge on any atom is 0.208 e. The minimum Gasteiger partial charge on any atom is -0.353 e. The summed E-state index contributed by atoms with van der Waals surface area (Å²) in [6.45, 7) is 2.00. The summed E-state index contributed by atoms with van der Waals surface area (Å²) in [6.07, 6.45) is 2.61. The Morgan fingerprint density at radius 1 is 1.42 bits per heavy atom. The van der Waals surface area contributed by atoms with Gasteiger partial charge in [-0.05, 0) is 36.7 Å². The molecule has 0 amide bonds. The van der Waals surface area contributed by atoms with E-state index in [4.69, 9.17) is 5.73 Å². The van der Waals surface area contributed by atoms with E-state index in [0.29, 0.717) is 0 Å². The number of aromatic nitrogens is 3. The lowest BCUT2D eigenvalue weighted by Crippen LogP contribution is -2.18. The summed E-state index contributed by atoms with van der Waals surface area (Å²) < 4.78 is 0.897. The van der Waals surface area contributed by atoms with Crippen molar-refractivity contribution < 1.29 is 0 Å². The first kappa shape index (κ1) is 14.2. The van der Waals surface area contributed by atoms with Crippen LogP contribution in [0, 0.1) is 0 Å². The molecule has 2 N–H and O–H groups in total. The minimum atomic E-state index is 0.121. The molecule has 0 aliphatic carbocycles. The van der Waals surface area contributed by atoms with Crippen molar-refractivity contribution in [1.29, 1.82) is 0 Å². The van der Waals surface area contributed by atoms with Crippen molar-refractivity contribution in [1.82, 2.24) is 15.2 Å². The fourth-order valence-electron chi connectivity index (χ4n) is 1.53. The van der Waals surface area contributed by atoms with Crippen molar-refractivity contribution in [3.63, 3.8) is 0 Å². The Hall–Kier alpha value is -1.18. The lowest BCUT2D eigenvalue weighted by Gasteiger charge is -2.08. The molecule has 0 fully saturated rings. The Labute approximate surface area is 121 Å². The van der Waals surface area contributed by atoms with Crippen LogP contribution in [-0.4, -0.2) is 35.3 Å². The van der Waals surface area contributed by atoms with Crippen LogP contribution in [0.2, 0.25) is 0 Å². The molecular formula is C12H17N5S2. The fourth-order valence-corrected chi connectivity index (χ4v) is 3.30. The molecule has 0 aromatic carbocycles. The third-order valence-electron chi connectivity index (χ3n) is 2.35. The zero-order valence-electron chi connectivity index (χ0n) is 11.2. The van der Waals surface area contributed by atoms with E-state index in [-0.39, 0.29) is 6.04 Å². The first-order valence-corrected chi connectivity index (χ1v) is 7.57. The molecule has 0 aliphatic heterocycles. The van der Waals surface area contributed by atoms with Crippen LogP contribution < -0.4 is 10.6 Å². The number of hydrogen-bond acceptors (Lipinski definition) is 7. The molecule has 19 heavy (non-hydrogen) atoms. The van der Waals surface area contributed by atoms with E-state index in [2.05, 4.69) is 21.2 Å². The molecule has 1 atom stereocenters. The quantitative estimate of drug-likeness (QED) is 0.910. The Kier molecular flexibility index (Phi) is 4.73. The van der Waals surface area contributed by atoms with E-state index >= 15 is 0 Å². The molecular weight excluding hydrogens is 278 g/mol. The van der Waals surface area contributed by atoms with Crippen molar-refractivity contribution in [2.24, 2.45) is 5.73 Å². The highest BCUT2D eigenvalue weighted by Gasteiger charge is 2.12. The van der Waals surface area contributed by atoms with Crippen LogP contribution >= 0.6 is 23.1 Å². The van der Waals surface area contributed by atoms with E-state index in [0.717, 1.165) is 26.5 Å². The summed E-state index contributed by atoms with van der Waals surface area (Å²) in [5.74, 6) is 0. The van der Waals surface area contributed by atoms with Gasteiger partial charge in [-0.2, -0.15) is 0 Å². The van der Waals surface area contributed by atoms with Gasteiger partial charge < -0.3 is 10.6 Å². The highest BCUT2D eigenvalue weighted by atomic mass is 32.2.